The summed E-state index contributed by atoms with van der Waals surface area (Å²) in [5, 5.41) is 0.919. The molecular formula is C17H22N4O. The lowest BCUT2D eigenvalue weighted by molar-refractivity contribution is 0.0949. The van der Waals surface area contributed by atoms with Gasteiger partial charge in [0.1, 0.15) is 5.69 Å². The summed E-state index contributed by atoms with van der Waals surface area (Å²) in [6.07, 6.45) is 2.46. The Morgan fingerprint density at radius 2 is 1.95 bits per heavy atom. The van der Waals surface area contributed by atoms with Crippen molar-refractivity contribution in [2.24, 2.45) is 5.84 Å². The molecule has 1 amide bonds. The molecule has 0 saturated heterocycles. The van der Waals surface area contributed by atoms with Gasteiger partial charge in [-0.15, -0.1) is 0 Å². The first kappa shape index (κ1) is 14.8. The Bertz CT molecular complexity index is 757. The highest BCUT2D eigenvalue weighted by Crippen LogP contribution is 2.43. The minimum absolute atomic E-state index is 0.0829. The molecule has 1 heterocycles. The zero-order chi connectivity index (χ0) is 16.1. The maximum atomic E-state index is 11.8. The molecule has 2 aromatic rings. The second-order valence-corrected chi connectivity index (χ2v) is 7.06. The number of pyridine rings is 1. The Morgan fingerprint density at radius 3 is 2.50 bits per heavy atom. The van der Waals surface area contributed by atoms with E-state index < -0.39 is 5.91 Å². The van der Waals surface area contributed by atoms with Gasteiger partial charge in [0.25, 0.3) is 5.91 Å². The predicted molar refractivity (Wildman–Crippen MR) is 88.5 cm³/mol. The topological polar surface area (TPSA) is 94.0 Å². The van der Waals surface area contributed by atoms with Crippen LogP contribution in [0.3, 0.4) is 0 Å². The van der Waals surface area contributed by atoms with Crippen molar-refractivity contribution in [3.8, 4) is 0 Å². The number of nitrogens with zero attached hydrogens (tertiary/aromatic N) is 1. The van der Waals surface area contributed by atoms with Crippen LogP contribution in [0.4, 0.5) is 5.69 Å². The summed E-state index contributed by atoms with van der Waals surface area (Å²) in [5.74, 6) is 5.42. The molecule has 0 atom stereocenters. The minimum atomic E-state index is -0.431. The molecule has 1 aliphatic carbocycles. The van der Waals surface area contributed by atoms with E-state index in [0.29, 0.717) is 11.6 Å². The third-order valence-corrected chi connectivity index (χ3v) is 4.19. The number of benzene rings is 1. The fraction of sp³-hybridized carbons (Fsp3) is 0.412. The highest BCUT2D eigenvalue weighted by Gasteiger charge is 2.28. The zero-order valence-electron chi connectivity index (χ0n) is 13.2. The number of rotatable bonds is 2. The van der Waals surface area contributed by atoms with Crippen LogP contribution >= 0.6 is 0 Å². The quantitative estimate of drug-likeness (QED) is 0.451. The molecule has 1 saturated carbocycles. The van der Waals surface area contributed by atoms with Crippen LogP contribution in [-0.4, -0.2) is 10.9 Å². The van der Waals surface area contributed by atoms with E-state index in [1.165, 1.54) is 18.4 Å². The van der Waals surface area contributed by atoms with Crippen LogP contribution in [0.15, 0.2) is 18.2 Å². The van der Waals surface area contributed by atoms with Gasteiger partial charge >= 0.3 is 0 Å². The average Bonchev–Trinajstić information content (AvgIpc) is 3.29. The van der Waals surface area contributed by atoms with Crippen molar-refractivity contribution in [1.29, 1.82) is 0 Å². The van der Waals surface area contributed by atoms with Gasteiger partial charge in [0.2, 0.25) is 0 Å². The van der Waals surface area contributed by atoms with Crippen molar-refractivity contribution in [3.05, 3.63) is 35.0 Å². The molecule has 116 valence electrons. The van der Waals surface area contributed by atoms with E-state index in [1.807, 2.05) is 0 Å². The number of carbonyl (C=O) groups excluding carboxylic acids is 1. The number of aromatic nitrogens is 1. The Morgan fingerprint density at radius 1 is 1.27 bits per heavy atom. The molecule has 0 bridgehead atoms. The Labute approximate surface area is 130 Å². The van der Waals surface area contributed by atoms with Gasteiger partial charge in [-0.2, -0.15) is 0 Å². The van der Waals surface area contributed by atoms with E-state index in [1.54, 1.807) is 6.07 Å². The molecule has 3 rings (SSSR count). The molecule has 1 aromatic heterocycles. The van der Waals surface area contributed by atoms with E-state index in [0.717, 1.165) is 16.5 Å². The number of nitrogen functional groups attached to an aromatic ring is 2. The summed E-state index contributed by atoms with van der Waals surface area (Å²) in [7, 11) is 0. The first-order chi connectivity index (χ1) is 10.3. The zero-order valence-corrected chi connectivity index (χ0v) is 13.2. The second kappa shape index (κ2) is 4.95. The SMILES string of the molecule is CC(C)(C)c1cc(C2CC2)cc2c(N)cc(C(=O)NN)nc12. The lowest BCUT2D eigenvalue weighted by Gasteiger charge is -2.23. The maximum absolute atomic E-state index is 11.8. The van der Waals surface area contributed by atoms with Crippen molar-refractivity contribution in [1.82, 2.24) is 10.4 Å². The van der Waals surface area contributed by atoms with E-state index in [4.69, 9.17) is 11.6 Å². The van der Waals surface area contributed by atoms with Crippen LogP contribution in [-0.2, 0) is 5.41 Å². The fourth-order valence-electron chi connectivity index (χ4n) is 2.79. The number of hydrogen-bond acceptors (Lipinski definition) is 4. The number of fused-ring (bicyclic) bond motifs is 1. The predicted octanol–water partition coefficient (Wildman–Crippen LogP) is 2.60. The van der Waals surface area contributed by atoms with E-state index in [2.05, 4.69) is 43.3 Å². The number of carbonyl (C=O) groups is 1. The minimum Gasteiger partial charge on any atom is -0.398 e. The van der Waals surface area contributed by atoms with E-state index in [-0.39, 0.29) is 11.1 Å². The largest absolute Gasteiger partial charge is 0.398 e. The molecule has 5 heteroatoms. The lowest BCUT2D eigenvalue weighted by Crippen LogP contribution is -2.31. The van der Waals surface area contributed by atoms with Crippen LogP contribution in [0.25, 0.3) is 10.9 Å². The molecular weight excluding hydrogens is 276 g/mol. The number of anilines is 1. The van der Waals surface area contributed by atoms with Crippen molar-refractivity contribution in [2.75, 3.05) is 5.73 Å². The second-order valence-electron chi connectivity index (χ2n) is 7.06. The number of nitrogens with one attached hydrogen (secondary N) is 1. The molecule has 0 unspecified atom stereocenters. The molecule has 0 spiro atoms. The molecule has 0 aliphatic heterocycles. The molecule has 1 aromatic carbocycles. The van der Waals surface area contributed by atoms with Gasteiger partial charge in [0.15, 0.2) is 0 Å². The first-order valence-corrected chi connectivity index (χ1v) is 7.57. The Balaban J connectivity index is 2.31. The van der Waals surface area contributed by atoms with Gasteiger partial charge in [0.05, 0.1) is 5.52 Å². The fourth-order valence-corrected chi connectivity index (χ4v) is 2.79. The first-order valence-electron chi connectivity index (χ1n) is 7.57. The maximum Gasteiger partial charge on any atom is 0.283 e. The summed E-state index contributed by atoms with van der Waals surface area (Å²) >= 11 is 0. The summed E-state index contributed by atoms with van der Waals surface area (Å²) < 4.78 is 0. The molecule has 22 heavy (non-hydrogen) atoms. The van der Waals surface area contributed by atoms with Crippen LogP contribution in [0.5, 0.6) is 0 Å². The van der Waals surface area contributed by atoms with Crippen molar-refractivity contribution in [2.45, 2.75) is 44.9 Å². The lowest BCUT2D eigenvalue weighted by atomic mass is 9.83. The summed E-state index contributed by atoms with van der Waals surface area (Å²) in [5.41, 5.74) is 12.3. The number of hydrogen-bond donors (Lipinski definition) is 3. The van der Waals surface area contributed by atoms with Crippen LogP contribution in [0, 0.1) is 0 Å². The van der Waals surface area contributed by atoms with Gasteiger partial charge in [-0.1, -0.05) is 26.8 Å². The molecule has 5 N–H and O–H groups in total. The van der Waals surface area contributed by atoms with Crippen molar-refractivity contribution >= 4 is 22.5 Å². The van der Waals surface area contributed by atoms with E-state index in [9.17, 15) is 4.79 Å². The number of amides is 1. The van der Waals surface area contributed by atoms with Crippen molar-refractivity contribution < 1.29 is 4.79 Å². The third kappa shape index (κ3) is 2.52. The molecule has 0 radical (unpaired) electrons. The Kier molecular flexibility index (Phi) is 3.33. The average molecular weight is 298 g/mol. The van der Waals surface area contributed by atoms with Gasteiger partial charge in [-0.3, -0.25) is 10.2 Å². The summed E-state index contributed by atoms with van der Waals surface area (Å²) in [6, 6.07) is 5.93. The Hall–Kier alpha value is -2.14. The van der Waals surface area contributed by atoms with Gasteiger partial charge in [-0.05, 0) is 47.4 Å². The monoisotopic (exact) mass is 298 g/mol. The van der Waals surface area contributed by atoms with Gasteiger partial charge < -0.3 is 5.73 Å². The van der Waals surface area contributed by atoms with Gasteiger partial charge in [-0.25, -0.2) is 10.8 Å². The van der Waals surface area contributed by atoms with Crippen LogP contribution in [0.2, 0.25) is 0 Å². The third-order valence-electron chi connectivity index (χ3n) is 4.19. The molecule has 5 nitrogen and oxygen atoms in total. The standard InChI is InChI=1S/C17H22N4O/c1-17(2,3)12-7-10(9-4-5-9)6-11-13(18)8-14(16(22)21-19)20-15(11)12/h6-9H,4-5,19H2,1-3H3,(H2,18,20)(H,21,22). The van der Waals surface area contributed by atoms with Crippen LogP contribution < -0.4 is 17.0 Å². The number of hydrazine groups is 1. The highest BCUT2D eigenvalue weighted by molar-refractivity contribution is 6.00. The highest BCUT2D eigenvalue weighted by atomic mass is 16.2. The summed E-state index contributed by atoms with van der Waals surface area (Å²) in [4.78, 5) is 16.3. The molecule has 1 fully saturated rings. The van der Waals surface area contributed by atoms with Gasteiger partial charge in [0, 0.05) is 11.1 Å². The van der Waals surface area contributed by atoms with Crippen molar-refractivity contribution in [3.63, 3.8) is 0 Å². The number of nitrogens with two attached hydrogens (primary N) is 2. The molecule has 1 aliphatic rings. The van der Waals surface area contributed by atoms with Crippen LogP contribution in [0.1, 0.15) is 61.1 Å². The normalized spacial score (nSPS) is 15.1. The smallest absolute Gasteiger partial charge is 0.283 e. The summed E-state index contributed by atoms with van der Waals surface area (Å²) in [6.45, 7) is 6.43. The van der Waals surface area contributed by atoms with E-state index >= 15 is 0 Å².